The quantitative estimate of drug-likeness (QED) is 0.859. The monoisotopic (exact) mass is 317 g/mol. The number of nitrogens with zero attached hydrogens (tertiary/aromatic N) is 5. The molecule has 2 saturated heterocycles. The minimum Gasteiger partial charge on any atom is -0.388 e. The van der Waals surface area contributed by atoms with Gasteiger partial charge < -0.3 is 24.0 Å². The summed E-state index contributed by atoms with van der Waals surface area (Å²) in [5, 5.41) is 9.88. The van der Waals surface area contributed by atoms with Crippen LogP contribution in [0.1, 0.15) is 6.04 Å². The van der Waals surface area contributed by atoms with E-state index in [-0.39, 0.29) is 18.2 Å². The molecular formula is C15H19N5O3. The average molecular weight is 317 g/mol. The van der Waals surface area contributed by atoms with Gasteiger partial charge in [0.1, 0.15) is 24.1 Å². The Hall–Kier alpha value is -2.03. The van der Waals surface area contributed by atoms with E-state index in [1.54, 1.807) is 18.6 Å². The summed E-state index contributed by atoms with van der Waals surface area (Å²) in [6.07, 6.45) is 6.20. The molecular weight excluding hydrogens is 298 g/mol. The van der Waals surface area contributed by atoms with Crippen molar-refractivity contribution < 1.29 is 14.6 Å². The van der Waals surface area contributed by atoms with Gasteiger partial charge in [0, 0.05) is 38.9 Å². The fourth-order valence-corrected chi connectivity index (χ4v) is 3.17. The van der Waals surface area contributed by atoms with E-state index in [2.05, 4.69) is 15.0 Å². The van der Waals surface area contributed by atoms with Gasteiger partial charge in [0.15, 0.2) is 0 Å². The van der Waals surface area contributed by atoms with E-state index in [4.69, 9.17) is 9.47 Å². The first-order valence-corrected chi connectivity index (χ1v) is 7.59. The number of hydrogen-bond donors (Lipinski definition) is 1. The lowest BCUT2D eigenvalue weighted by molar-refractivity contribution is 0.0172. The first-order valence-electron chi connectivity index (χ1n) is 7.59. The van der Waals surface area contributed by atoms with Gasteiger partial charge in [-0.25, -0.2) is 15.0 Å². The van der Waals surface area contributed by atoms with E-state index in [9.17, 15) is 5.11 Å². The molecule has 0 aromatic carbocycles. The van der Waals surface area contributed by atoms with Crippen LogP contribution in [0.3, 0.4) is 0 Å². The summed E-state index contributed by atoms with van der Waals surface area (Å²) in [6, 6.07) is -0.0109. The van der Waals surface area contributed by atoms with Crippen molar-refractivity contribution in [3.63, 3.8) is 0 Å². The summed E-state index contributed by atoms with van der Waals surface area (Å²) in [5.74, 6) is 1.42. The van der Waals surface area contributed by atoms with Crippen LogP contribution < -0.4 is 4.90 Å². The third-order valence-electron chi connectivity index (χ3n) is 4.32. The van der Waals surface area contributed by atoms with Gasteiger partial charge in [-0.2, -0.15) is 0 Å². The smallest absolute Gasteiger partial charge is 0.224 e. The average Bonchev–Trinajstić information content (AvgIpc) is 3.25. The summed E-state index contributed by atoms with van der Waals surface area (Å²) in [5.41, 5.74) is 0.836. The second-order valence-corrected chi connectivity index (χ2v) is 6.05. The summed E-state index contributed by atoms with van der Waals surface area (Å²) in [4.78, 5) is 15.0. The molecule has 1 N–H and O–H groups in total. The van der Waals surface area contributed by atoms with E-state index < -0.39 is 6.10 Å². The maximum absolute atomic E-state index is 9.88. The lowest BCUT2D eigenvalue weighted by Crippen LogP contribution is -2.30. The van der Waals surface area contributed by atoms with Crippen LogP contribution in [0.4, 0.5) is 5.95 Å². The predicted molar refractivity (Wildman–Crippen MR) is 82.1 cm³/mol. The van der Waals surface area contributed by atoms with Crippen LogP contribution in [0.5, 0.6) is 0 Å². The van der Waals surface area contributed by atoms with Crippen molar-refractivity contribution in [1.82, 2.24) is 19.5 Å². The molecule has 2 aromatic rings. The summed E-state index contributed by atoms with van der Waals surface area (Å²) >= 11 is 0. The molecule has 0 bridgehead atoms. The molecule has 122 valence electrons. The summed E-state index contributed by atoms with van der Waals surface area (Å²) in [6.45, 7) is 0.808. The van der Waals surface area contributed by atoms with Crippen LogP contribution in [0.2, 0.25) is 0 Å². The molecule has 2 fully saturated rings. The zero-order chi connectivity index (χ0) is 16.0. The third kappa shape index (κ3) is 2.39. The number of aromatic nitrogens is 4. The second kappa shape index (κ2) is 5.55. The van der Waals surface area contributed by atoms with Crippen LogP contribution in [0.25, 0.3) is 11.4 Å². The number of rotatable bonds is 3. The molecule has 4 atom stereocenters. The van der Waals surface area contributed by atoms with E-state index in [0.29, 0.717) is 19.2 Å². The van der Waals surface area contributed by atoms with Gasteiger partial charge in [0.2, 0.25) is 5.95 Å². The summed E-state index contributed by atoms with van der Waals surface area (Å²) < 4.78 is 13.4. The Morgan fingerprint density at radius 2 is 1.87 bits per heavy atom. The standard InChI is InChI=1S/C15H19N5O3/c1-19(2)15-17-5-9(6-18-15)14-16-3-4-20(14)10-7-22-13-11(21)8-23-12(10)13/h3-6,10-13,21H,7-8H2,1-2H3/t10-,11-,12-,13-/m1/s1. The molecule has 2 aromatic heterocycles. The first kappa shape index (κ1) is 14.6. The number of fused-ring (bicyclic) bond motifs is 1. The lowest BCUT2D eigenvalue weighted by atomic mass is 10.1. The normalized spacial score (nSPS) is 29.7. The molecule has 8 heteroatoms. The zero-order valence-electron chi connectivity index (χ0n) is 13.0. The largest absolute Gasteiger partial charge is 0.388 e. The highest BCUT2D eigenvalue weighted by molar-refractivity contribution is 5.54. The number of aliphatic hydroxyl groups excluding tert-OH is 1. The first-order chi connectivity index (χ1) is 11.1. The van der Waals surface area contributed by atoms with Crippen LogP contribution in [-0.2, 0) is 9.47 Å². The van der Waals surface area contributed by atoms with Crippen molar-refractivity contribution in [2.75, 3.05) is 32.2 Å². The molecule has 0 unspecified atom stereocenters. The molecule has 0 saturated carbocycles. The van der Waals surface area contributed by atoms with Gasteiger partial charge in [-0.3, -0.25) is 0 Å². The van der Waals surface area contributed by atoms with Gasteiger partial charge in [-0.15, -0.1) is 0 Å². The van der Waals surface area contributed by atoms with Crippen LogP contribution in [0.15, 0.2) is 24.8 Å². The zero-order valence-corrected chi connectivity index (χ0v) is 13.0. The molecule has 23 heavy (non-hydrogen) atoms. The minimum atomic E-state index is -0.556. The van der Waals surface area contributed by atoms with Gasteiger partial charge in [-0.1, -0.05) is 0 Å². The van der Waals surface area contributed by atoms with Crippen molar-refractivity contribution in [2.24, 2.45) is 0 Å². The number of aliphatic hydroxyl groups is 1. The minimum absolute atomic E-state index is 0.0109. The number of ether oxygens (including phenoxy) is 2. The Kier molecular flexibility index (Phi) is 3.51. The Morgan fingerprint density at radius 1 is 1.13 bits per heavy atom. The van der Waals surface area contributed by atoms with Gasteiger partial charge in [-0.05, 0) is 0 Å². The molecule has 4 heterocycles. The molecule has 8 nitrogen and oxygen atoms in total. The molecule has 4 rings (SSSR count). The lowest BCUT2D eigenvalue weighted by Gasteiger charge is -2.19. The van der Waals surface area contributed by atoms with Crippen LogP contribution >= 0.6 is 0 Å². The SMILES string of the molecule is CN(C)c1ncc(-c2nccn2[C@@H]2CO[C@H]3[C@@H]2OC[C@H]3O)cn1. The van der Waals surface area contributed by atoms with Crippen molar-refractivity contribution in [1.29, 1.82) is 0 Å². The topological polar surface area (TPSA) is 85.5 Å². The number of anilines is 1. The number of hydrogen-bond acceptors (Lipinski definition) is 7. The van der Waals surface area contributed by atoms with Crippen LogP contribution in [-0.4, -0.2) is 70.2 Å². The van der Waals surface area contributed by atoms with Crippen molar-refractivity contribution >= 4 is 5.95 Å². The Bertz CT molecular complexity index is 687. The number of imidazole rings is 1. The fraction of sp³-hybridized carbons (Fsp3) is 0.533. The molecule has 0 aliphatic carbocycles. The Labute approximate surface area is 133 Å². The highest BCUT2D eigenvalue weighted by Gasteiger charge is 2.48. The van der Waals surface area contributed by atoms with Gasteiger partial charge >= 0.3 is 0 Å². The Balaban J connectivity index is 1.64. The third-order valence-corrected chi connectivity index (χ3v) is 4.32. The van der Waals surface area contributed by atoms with E-state index in [0.717, 1.165) is 11.4 Å². The highest BCUT2D eigenvalue weighted by Crippen LogP contribution is 2.36. The van der Waals surface area contributed by atoms with E-state index in [1.807, 2.05) is 29.8 Å². The van der Waals surface area contributed by atoms with Gasteiger partial charge in [0.25, 0.3) is 0 Å². The van der Waals surface area contributed by atoms with E-state index >= 15 is 0 Å². The Morgan fingerprint density at radius 3 is 2.61 bits per heavy atom. The van der Waals surface area contributed by atoms with Crippen molar-refractivity contribution in [2.45, 2.75) is 24.4 Å². The van der Waals surface area contributed by atoms with Gasteiger partial charge in [0.05, 0.1) is 24.8 Å². The maximum atomic E-state index is 9.88. The van der Waals surface area contributed by atoms with Crippen molar-refractivity contribution in [3.8, 4) is 11.4 Å². The summed E-state index contributed by atoms with van der Waals surface area (Å²) in [7, 11) is 3.80. The fourth-order valence-electron chi connectivity index (χ4n) is 3.17. The molecule has 2 aliphatic rings. The predicted octanol–water partition coefficient (Wildman–Crippen LogP) is 0.106. The second-order valence-electron chi connectivity index (χ2n) is 6.05. The molecule has 0 radical (unpaired) electrons. The molecule has 2 aliphatic heterocycles. The molecule has 0 spiro atoms. The highest BCUT2D eigenvalue weighted by atomic mass is 16.6. The van der Waals surface area contributed by atoms with E-state index in [1.165, 1.54) is 0 Å². The van der Waals surface area contributed by atoms with Crippen LogP contribution in [0, 0.1) is 0 Å². The molecule has 0 amide bonds. The van der Waals surface area contributed by atoms with Crippen molar-refractivity contribution in [3.05, 3.63) is 24.8 Å². The maximum Gasteiger partial charge on any atom is 0.224 e.